The van der Waals surface area contributed by atoms with Gasteiger partial charge in [-0.05, 0) is 18.1 Å². The first kappa shape index (κ1) is 18.9. The Morgan fingerprint density at radius 1 is 1.07 bits per heavy atom. The van der Waals surface area contributed by atoms with Crippen LogP contribution in [0.5, 0.6) is 0 Å². The van der Waals surface area contributed by atoms with Crippen molar-refractivity contribution in [2.24, 2.45) is 0 Å². The molecule has 7 heteroatoms. The number of hydrogen-bond acceptors (Lipinski definition) is 5. The van der Waals surface area contributed by atoms with Gasteiger partial charge in [0.1, 0.15) is 5.01 Å². The van der Waals surface area contributed by atoms with Gasteiger partial charge in [-0.15, -0.1) is 11.3 Å². The minimum Gasteiger partial charge on any atom is -0.451 e. The Hall–Kier alpha value is -3.45. The topological polar surface area (TPSA) is 84.1 Å². The van der Waals surface area contributed by atoms with E-state index in [1.54, 1.807) is 5.38 Å². The monoisotopic (exact) mass is 405 g/mol. The van der Waals surface area contributed by atoms with Crippen LogP contribution in [0.1, 0.15) is 16.1 Å². The maximum absolute atomic E-state index is 12.1. The number of amides is 1. The molecular formula is C22H19N3O3S. The lowest BCUT2D eigenvalue weighted by Gasteiger charge is -2.05. The molecule has 0 aliphatic carbocycles. The molecule has 0 unspecified atom stereocenters. The van der Waals surface area contributed by atoms with Crippen molar-refractivity contribution in [3.05, 3.63) is 77.4 Å². The van der Waals surface area contributed by atoms with E-state index in [0.29, 0.717) is 13.0 Å². The third-order valence-electron chi connectivity index (χ3n) is 4.46. The van der Waals surface area contributed by atoms with Crippen LogP contribution in [0.15, 0.2) is 66.2 Å². The summed E-state index contributed by atoms with van der Waals surface area (Å²) in [5.74, 6) is -0.938. The Bertz CT molecular complexity index is 1130. The molecule has 1 amide bonds. The van der Waals surface area contributed by atoms with Crippen LogP contribution in [0.25, 0.3) is 21.5 Å². The van der Waals surface area contributed by atoms with Crippen molar-refractivity contribution >= 4 is 34.1 Å². The van der Waals surface area contributed by atoms with Gasteiger partial charge in [0.15, 0.2) is 12.3 Å². The summed E-state index contributed by atoms with van der Waals surface area (Å²) in [4.78, 5) is 31.6. The fourth-order valence-corrected chi connectivity index (χ4v) is 3.81. The van der Waals surface area contributed by atoms with Crippen LogP contribution >= 0.6 is 11.3 Å². The zero-order chi connectivity index (χ0) is 20.1. The Morgan fingerprint density at radius 2 is 1.86 bits per heavy atom. The van der Waals surface area contributed by atoms with E-state index in [0.717, 1.165) is 27.0 Å². The number of hydrogen-bond donors (Lipinski definition) is 2. The van der Waals surface area contributed by atoms with E-state index in [1.165, 1.54) is 11.3 Å². The zero-order valence-electron chi connectivity index (χ0n) is 15.6. The number of nitrogens with zero attached hydrogens (tertiary/aromatic N) is 1. The van der Waals surface area contributed by atoms with Crippen LogP contribution in [0, 0.1) is 0 Å². The molecule has 0 fully saturated rings. The second-order valence-electron chi connectivity index (χ2n) is 6.44. The average molecular weight is 405 g/mol. The summed E-state index contributed by atoms with van der Waals surface area (Å²) >= 11 is 1.36. The largest absolute Gasteiger partial charge is 0.451 e. The summed E-state index contributed by atoms with van der Waals surface area (Å²) in [7, 11) is 0. The molecule has 0 saturated carbocycles. The van der Waals surface area contributed by atoms with Crippen LogP contribution in [0.3, 0.4) is 0 Å². The number of aromatic amines is 1. The van der Waals surface area contributed by atoms with Gasteiger partial charge in [-0.1, -0.05) is 48.5 Å². The number of esters is 1. The summed E-state index contributed by atoms with van der Waals surface area (Å²) in [5, 5.41) is 6.30. The normalized spacial score (nSPS) is 10.8. The smallest absolute Gasteiger partial charge is 0.358 e. The number of rotatable bonds is 7. The molecule has 2 aromatic heterocycles. The van der Waals surface area contributed by atoms with Gasteiger partial charge in [0.05, 0.1) is 0 Å². The molecule has 0 spiro atoms. The molecule has 4 aromatic rings. The second kappa shape index (κ2) is 8.70. The van der Waals surface area contributed by atoms with Gasteiger partial charge >= 0.3 is 5.97 Å². The van der Waals surface area contributed by atoms with E-state index < -0.39 is 5.97 Å². The molecule has 0 radical (unpaired) electrons. The number of carbonyl (C=O) groups is 2. The predicted octanol–water partition coefficient (Wildman–Crippen LogP) is 3.81. The van der Waals surface area contributed by atoms with E-state index in [4.69, 9.17) is 4.74 Å². The lowest BCUT2D eigenvalue weighted by molar-refractivity contribution is -0.124. The zero-order valence-corrected chi connectivity index (χ0v) is 16.4. The van der Waals surface area contributed by atoms with Crippen molar-refractivity contribution in [3.8, 4) is 10.6 Å². The van der Waals surface area contributed by atoms with Gasteiger partial charge in [-0.3, -0.25) is 4.79 Å². The Morgan fingerprint density at radius 3 is 2.72 bits per heavy atom. The Labute approximate surface area is 171 Å². The molecule has 2 N–H and O–H groups in total. The quantitative estimate of drug-likeness (QED) is 0.458. The minimum absolute atomic E-state index is 0.209. The fourth-order valence-electron chi connectivity index (χ4n) is 3.01. The SMILES string of the molecule is O=C(COC(=O)c1csc(-c2ccccc2)n1)NCCc1c[nH]c2ccccc12. The number of nitrogens with one attached hydrogen (secondary N) is 2. The van der Waals surface area contributed by atoms with Crippen LogP contribution in [-0.4, -0.2) is 35.0 Å². The first-order valence-corrected chi connectivity index (χ1v) is 10.1. The van der Waals surface area contributed by atoms with E-state index in [1.807, 2.05) is 60.8 Å². The minimum atomic E-state index is -0.602. The average Bonchev–Trinajstić information content (AvgIpc) is 3.41. The molecule has 6 nitrogen and oxygen atoms in total. The maximum atomic E-state index is 12.1. The highest BCUT2D eigenvalue weighted by Gasteiger charge is 2.15. The van der Waals surface area contributed by atoms with Gasteiger partial charge in [-0.2, -0.15) is 0 Å². The molecule has 0 saturated heterocycles. The van der Waals surface area contributed by atoms with Crippen molar-refractivity contribution in [2.75, 3.05) is 13.2 Å². The number of aromatic nitrogens is 2. The molecule has 0 bridgehead atoms. The molecule has 0 aliphatic rings. The lowest BCUT2D eigenvalue weighted by atomic mass is 10.1. The Balaban J connectivity index is 1.24. The highest BCUT2D eigenvalue weighted by molar-refractivity contribution is 7.13. The lowest BCUT2D eigenvalue weighted by Crippen LogP contribution is -2.30. The summed E-state index contributed by atoms with van der Waals surface area (Å²) < 4.78 is 5.08. The fraction of sp³-hybridized carbons (Fsp3) is 0.136. The summed E-state index contributed by atoms with van der Waals surface area (Å²) in [5.41, 5.74) is 3.35. The van der Waals surface area contributed by atoms with E-state index in [9.17, 15) is 9.59 Å². The predicted molar refractivity (Wildman–Crippen MR) is 113 cm³/mol. The second-order valence-corrected chi connectivity index (χ2v) is 7.30. The van der Waals surface area contributed by atoms with Gasteiger partial charge in [-0.25, -0.2) is 9.78 Å². The maximum Gasteiger partial charge on any atom is 0.358 e. The third kappa shape index (κ3) is 4.52. The molecule has 146 valence electrons. The number of ether oxygens (including phenoxy) is 1. The number of H-pyrrole nitrogens is 1. The van der Waals surface area contributed by atoms with E-state index in [-0.39, 0.29) is 18.2 Å². The molecule has 0 aliphatic heterocycles. The first-order valence-electron chi connectivity index (χ1n) is 9.20. The number of thiazole rings is 1. The molecule has 29 heavy (non-hydrogen) atoms. The number of carbonyl (C=O) groups excluding carboxylic acids is 2. The molecule has 2 aromatic carbocycles. The molecular weight excluding hydrogens is 386 g/mol. The van der Waals surface area contributed by atoms with Gasteiger partial charge in [0.25, 0.3) is 5.91 Å². The van der Waals surface area contributed by atoms with Crippen molar-refractivity contribution in [3.63, 3.8) is 0 Å². The third-order valence-corrected chi connectivity index (χ3v) is 5.35. The highest BCUT2D eigenvalue weighted by atomic mass is 32.1. The number of para-hydroxylation sites is 1. The standard InChI is InChI=1S/C22H19N3O3S/c26-20(23-11-10-16-12-24-18-9-5-4-8-17(16)18)13-28-22(27)19-14-29-21(25-19)15-6-2-1-3-7-15/h1-9,12,14,24H,10-11,13H2,(H,23,26). The van der Waals surface area contributed by atoms with Crippen molar-refractivity contribution in [1.82, 2.24) is 15.3 Å². The van der Waals surface area contributed by atoms with Crippen molar-refractivity contribution in [2.45, 2.75) is 6.42 Å². The van der Waals surface area contributed by atoms with Gasteiger partial charge < -0.3 is 15.0 Å². The van der Waals surface area contributed by atoms with Gasteiger partial charge in [0.2, 0.25) is 0 Å². The van der Waals surface area contributed by atoms with Crippen LogP contribution in [0.4, 0.5) is 0 Å². The highest BCUT2D eigenvalue weighted by Crippen LogP contribution is 2.23. The van der Waals surface area contributed by atoms with E-state index in [2.05, 4.69) is 15.3 Å². The molecule has 2 heterocycles. The summed E-state index contributed by atoms with van der Waals surface area (Å²) in [6, 6.07) is 17.6. The molecule has 4 rings (SSSR count). The van der Waals surface area contributed by atoms with Crippen molar-refractivity contribution < 1.29 is 14.3 Å². The summed E-state index contributed by atoms with van der Waals surface area (Å²) in [6.45, 7) is 0.137. The van der Waals surface area contributed by atoms with Crippen molar-refractivity contribution in [1.29, 1.82) is 0 Å². The number of fused-ring (bicyclic) bond motifs is 1. The van der Waals surface area contributed by atoms with Crippen LogP contribution in [-0.2, 0) is 16.0 Å². The van der Waals surface area contributed by atoms with Crippen LogP contribution < -0.4 is 5.32 Å². The number of benzene rings is 2. The Kier molecular flexibility index (Phi) is 5.67. The molecule has 0 atom stereocenters. The summed E-state index contributed by atoms with van der Waals surface area (Å²) in [6.07, 6.45) is 2.64. The van der Waals surface area contributed by atoms with Gasteiger partial charge in [0, 0.05) is 34.6 Å². The van der Waals surface area contributed by atoms with E-state index >= 15 is 0 Å². The first-order chi connectivity index (χ1) is 14.2. The van der Waals surface area contributed by atoms with Crippen LogP contribution in [0.2, 0.25) is 0 Å².